The van der Waals surface area contributed by atoms with Gasteiger partial charge in [-0.1, -0.05) is 40.7 Å². The van der Waals surface area contributed by atoms with Crippen molar-refractivity contribution in [3.63, 3.8) is 0 Å². The molecule has 152 valence electrons. The highest BCUT2D eigenvalue weighted by molar-refractivity contribution is 14.1. The fourth-order valence-electron chi connectivity index (χ4n) is 3.98. The molecule has 0 atom stereocenters. The molecule has 1 aliphatic rings. The summed E-state index contributed by atoms with van der Waals surface area (Å²) in [7, 11) is 0. The molecule has 0 spiro atoms. The highest BCUT2D eigenvalue weighted by atomic mass is 127. The van der Waals surface area contributed by atoms with Crippen LogP contribution in [-0.4, -0.2) is 34.7 Å². The van der Waals surface area contributed by atoms with Gasteiger partial charge in [0.15, 0.2) is 11.5 Å². The van der Waals surface area contributed by atoms with Gasteiger partial charge in [0.2, 0.25) is 0 Å². The van der Waals surface area contributed by atoms with Crippen LogP contribution in [0.4, 0.5) is 0 Å². The molecule has 0 unspecified atom stereocenters. The quantitative estimate of drug-likeness (QED) is 0.329. The monoisotopic (exact) mass is 521 g/mol. The molecule has 8 nitrogen and oxygen atoms in total. The van der Waals surface area contributed by atoms with Crippen molar-refractivity contribution in [1.82, 2.24) is 34.7 Å². The Hall–Kier alpha value is -3.34. The van der Waals surface area contributed by atoms with E-state index in [4.69, 9.17) is 4.52 Å². The lowest BCUT2D eigenvalue weighted by Crippen LogP contribution is -2.04. The Labute approximate surface area is 191 Å². The Balaban J connectivity index is 1.57. The van der Waals surface area contributed by atoms with Crippen molar-refractivity contribution in [2.45, 2.75) is 19.8 Å². The van der Waals surface area contributed by atoms with Gasteiger partial charge < -0.3 is 4.52 Å². The number of aryl methyl sites for hydroxylation is 1. The number of imidazole rings is 1. The number of fused-ring (bicyclic) bond motifs is 5. The Morgan fingerprint density at radius 1 is 1.06 bits per heavy atom. The number of halogens is 1. The molecule has 9 heteroatoms. The van der Waals surface area contributed by atoms with Crippen LogP contribution in [0.5, 0.6) is 0 Å². The van der Waals surface area contributed by atoms with Gasteiger partial charge in [-0.05, 0) is 53.3 Å². The van der Waals surface area contributed by atoms with Gasteiger partial charge in [0.25, 0.3) is 5.89 Å². The Morgan fingerprint density at radius 3 is 2.74 bits per heavy atom. The normalized spacial score (nSPS) is 12.2. The first kappa shape index (κ1) is 18.4. The molecule has 0 saturated carbocycles. The highest BCUT2D eigenvalue weighted by Crippen LogP contribution is 2.34. The first-order valence-electron chi connectivity index (χ1n) is 9.82. The smallest absolute Gasteiger partial charge is 0.278 e. The lowest BCUT2D eigenvalue weighted by atomic mass is 10.1. The van der Waals surface area contributed by atoms with Gasteiger partial charge in [0.1, 0.15) is 6.33 Å². The van der Waals surface area contributed by atoms with Gasteiger partial charge >= 0.3 is 0 Å². The molecule has 1 aliphatic heterocycles. The maximum absolute atomic E-state index is 5.44. The summed E-state index contributed by atoms with van der Waals surface area (Å²) < 4.78 is 10.6. The van der Waals surface area contributed by atoms with Crippen molar-refractivity contribution in [3.8, 4) is 23.0 Å². The van der Waals surface area contributed by atoms with Crippen LogP contribution in [0.3, 0.4) is 0 Å². The predicted molar refractivity (Wildman–Crippen MR) is 121 cm³/mol. The molecule has 0 bridgehead atoms. The molecule has 31 heavy (non-hydrogen) atoms. The summed E-state index contributed by atoms with van der Waals surface area (Å²) >= 11 is 2.32. The maximum Gasteiger partial charge on any atom is 0.278 e. The van der Waals surface area contributed by atoms with Gasteiger partial charge in [-0.25, -0.2) is 9.67 Å². The van der Waals surface area contributed by atoms with Crippen molar-refractivity contribution in [2.75, 3.05) is 0 Å². The third-order valence-corrected chi connectivity index (χ3v) is 6.09. The zero-order chi connectivity index (χ0) is 20.9. The van der Waals surface area contributed by atoms with Crippen molar-refractivity contribution >= 4 is 22.6 Å². The number of hydrogen-bond donors (Lipinski definition) is 0. The second-order valence-corrected chi connectivity index (χ2v) is 8.67. The molecule has 0 saturated heterocycles. The minimum atomic E-state index is 0.420. The minimum Gasteiger partial charge on any atom is -0.332 e. The first-order chi connectivity index (χ1) is 15.2. The van der Waals surface area contributed by atoms with Crippen molar-refractivity contribution < 1.29 is 4.52 Å². The summed E-state index contributed by atoms with van der Waals surface area (Å²) in [5, 5.41) is 13.0. The number of hydrogen-bond acceptors (Lipinski definition) is 6. The third-order valence-electron chi connectivity index (χ3n) is 5.41. The van der Waals surface area contributed by atoms with Crippen LogP contribution in [0.15, 0.2) is 59.4 Å². The molecule has 3 aromatic heterocycles. The van der Waals surface area contributed by atoms with Crippen molar-refractivity contribution in [2.24, 2.45) is 0 Å². The average Bonchev–Trinajstić information content (AvgIpc) is 3.47. The van der Waals surface area contributed by atoms with Gasteiger partial charge in [-0.3, -0.25) is 4.57 Å². The molecule has 5 aromatic rings. The van der Waals surface area contributed by atoms with E-state index < -0.39 is 0 Å². The standard InChI is InChI=1S/C22H16IN7O/c1-13-25-22(31-27-13)21-20-11-18-16(9-14-5-3-2-4-6-14)26-28-30(18)19-10-15(23)7-8-17(19)29(20)12-24-21/h2-8,10,12H,9,11H2,1H3. The van der Waals surface area contributed by atoms with Crippen LogP contribution in [-0.2, 0) is 12.8 Å². The topological polar surface area (TPSA) is 87.5 Å². The average molecular weight is 521 g/mol. The Morgan fingerprint density at radius 2 is 1.94 bits per heavy atom. The predicted octanol–water partition coefficient (Wildman–Crippen LogP) is 3.91. The summed E-state index contributed by atoms with van der Waals surface area (Å²) in [6.45, 7) is 1.80. The zero-order valence-corrected chi connectivity index (χ0v) is 18.7. The van der Waals surface area contributed by atoms with Crippen LogP contribution in [0.1, 0.15) is 28.5 Å². The van der Waals surface area contributed by atoms with E-state index in [0.717, 1.165) is 32.0 Å². The van der Waals surface area contributed by atoms with Crippen molar-refractivity contribution in [3.05, 3.63) is 86.9 Å². The number of benzene rings is 2. The van der Waals surface area contributed by atoms with Crippen LogP contribution in [0.25, 0.3) is 23.0 Å². The molecular formula is C22H16IN7O. The maximum atomic E-state index is 5.44. The molecule has 0 radical (unpaired) electrons. The number of nitrogens with zero attached hydrogens (tertiary/aromatic N) is 7. The Bertz CT molecular complexity index is 1420. The molecule has 0 fully saturated rings. The highest BCUT2D eigenvalue weighted by Gasteiger charge is 2.28. The van der Waals surface area contributed by atoms with E-state index in [-0.39, 0.29) is 0 Å². The van der Waals surface area contributed by atoms with Crippen LogP contribution in [0.2, 0.25) is 0 Å². The summed E-state index contributed by atoms with van der Waals surface area (Å²) in [5.41, 5.74) is 6.78. The van der Waals surface area contributed by atoms with Crippen LogP contribution < -0.4 is 0 Å². The summed E-state index contributed by atoms with van der Waals surface area (Å²) in [4.78, 5) is 9.03. The fraction of sp³-hybridized carbons (Fsp3) is 0.136. The summed E-state index contributed by atoms with van der Waals surface area (Å²) in [5.74, 6) is 1.00. The SMILES string of the molecule is Cc1noc(-c2ncn3c2Cc2c(Cc4ccccc4)nnn2-c2cc(I)ccc2-3)n1. The molecule has 6 rings (SSSR count). The largest absolute Gasteiger partial charge is 0.332 e. The van der Waals surface area contributed by atoms with E-state index in [1.165, 1.54) is 5.56 Å². The molecule has 2 aromatic carbocycles. The number of aromatic nitrogens is 7. The summed E-state index contributed by atoms with van der Waals surface area (Å²) in [6.07, 6.45) is 3.11. The molecule has 0 amide bonds. The van der Waals surface area contributed by atoms with Gasteiger partial charge in [-0.2, -0.15) is 4.98 Å². The van der Waals surface area contributed by atoms with E-state index >= 15 is 0 Å². The van der Waals surface area contributed by atoms with Crippen LogP contribution in [0, 0.1) is 10.5 Å². The van der Waals surface area contributed by atoms with E-state index in [2.05, 4.69) is 82.9 Å². The lowest BCUT2D eigenvalue weighted by Gasteiger charge is -2.10. The minimum absolute atomic E-state index is 0.420. The zero-order valence-electron chi connectivity index (χ0n) is 16.5. The second kappa shape index (κ2) is 7.12. The van der Waals surface area contributed by atoms with Gasteiger partial charge in [0, 0.05) is 16.4 Å². The fourth-order valence-corrected chi connectivity index (χ4v) is 4.46. The third kappa shape index (κ3) is 3.07. The Kier molecular flexibility index (Phi) is 4.23. The van der Waals surface area contributed by atoms with E-state index in [1.807, 2.05) is 29.2 Å². The first-order valence-corrected chi connectivity index (χ1v) is 10.9. The van der Waals surface area contributed by atoms with Gasteiger partial charge in [0.05, 0.1) is 28.5 Å². The number of rotatable bonds is 3. The second-order valence-electron chi connectivity index (χ2n) is 7.42. The molecule has 4 heterocycles. The van der Waals surface area contributed by atoms with Crippen molar-refractivity contribution in [1.29, 1.82) is 0 Å². The van der Waals surface area contributed by atoms with Crippen LogP contribution >= 0.6 is 22.6 Å². The van der Waals surface area contributed by atoms with E-state index in [9.17, 15) is 0 Å². The summed E-state index contributed by atoms with van der Waals surface area (Å²) in [6, 6.07) is 16.6. The molecule has 0 aliphatic carbocycles. The van der Waals surface area contributed by atoms with E-state index in [1.54, 1.807) is 6.92 Å². The van der Waals surface area contributed by atoms with Gasteiger partial charge in [-0.15, -0.1) is 5.10 Å². The lowest BCUT2D eigenvalue weighted by molar-refractivity contribution is 0.424. The molecular weight excluding hydrogens is 505 g/mol. The van der Waals surface area contributed by atoms with E-state index in [0.29, 0.717) is 30.3 Å². The molecule has 0 N–H and O–H groups in total.